The van der Waals surface area contributed by atoms with E-state index < -0.39 is 51.9 Å². The van der Waals surface area contributed by atoms with Gasteiger partial charge in [-0.1, -0.05) is 29.8 Å². The summed E-state index contributed by atoms with van der Waals surface area (Å²) in [6.07, 6.45) is 1.33. The van der Waals surface area contributed by atoms with Crippen molar-refractivity contribution in [1.29, 1.82) is 0 Å². The summed E-state index contributed by atoms with van der Waals surface area (Å²) in [6.45, 7) is 5.50. The number of thioether (sulfide) groups is 1. The fraction of sp³-hybridized carbons (Fsp3) is 0.429. The molecule has 0 aliphatic carbocycles. The Morgan fingerprint density at radius 2 is 2.00 bits per heavy atom. The van der Waals surface area contributed by atoms with E-state index in [4.69, 9.17) is 0 Å². The normalized spacial score (nSPS) is 27.6. The van der Waals surface area contributed by atoms with Gasteiger partial charge in [-0.25, -0.2) is 15.2 Å². The van der Waals surface area contributed by atoms with Crippen LogP contribution in [0.1, 0.15) is 31.4 Å². The minimum absolute atomic E-state index is 0.129. The summed E-state index contributed by atoms with van der Waals surface area (Å²) in [7, 11) is 0. The molecule has 4 N–H and O–H groups in total. The van der Waals surface area contributed by atoms with Crippen molar-refractivity contribution >= 4 is 47.6 Å². The van der Waals surface area contributed by atoms with Crippen molar-refractivity contribution in [1.82, 2.24) is 21.0 Å². The van der Waals surface area contributed by atoms with Gasteiger partial charge in [-0.2, -0.15) is 5.10 Å². The van der Waals surface area contributed by atoms with E-state index in [2.05, 4.69) is 26.2 Å². The van der Waals surface area contributed by atoms with E-state index in [9.17, 15) is 24.3 Å². The Morgan fingerprint density at radius 3 is 2.67 bits per heavy atom. The number of carbonyl (C=O) groups excluding carboxylic acids is 3. The molecule has 4 atom stereocenters. The lowest BCUT2D eigenvalue weighted by Crippen LogP contribution is -2.70. The predicted octanol–water partition coefficient (Wildman–Crippen LogP) is -0.205. The van der Waals surface area contributed by atoms with Crippen molar-refractivity contribution < 1.29 is 24.3 Å². The van der Waals surface area contributed by atoms with E-state index in [1.54, 1.807) is 20.1 Å². The molecule has 33 heavy (non-hydrogen) atoms. The zero-order chi connectivity index (χ0) is 23.9. The van der Waals surface area contributed by atoms with Crippen molar-refractivity contribution in [2.24, 2.45) is 10.1 Å². The number of carboxylic acids is 1. The third-order valence-corrected chi connectivity index (χ3v) is 7.23. The Hall–Kier alpha value is -3.41. The van der Waals surface area contributed by atoms with Gasteiger partial charge in [-0.05, 0) is 26.3 Å². The molecule has 3 heterocycles. The summed E-state index contributed by atoms with van der Waals surface area (Å²) < 4.78 is -0.680. The molecule has 3 amide bonds. The fourth-order valence-electron chi connectivity index (χ4n) is 4.02. The minimum atomic E-state index is -1.07. The number of aryl methyl sites for hydroxylation is 1. The van der Waals surface area contributed by atoms with Crippen LogP contribution in [0.3, 0.4) is 0 Å². The van der Waals surface area contributed by atoms with Gasteiger partial charge in [-0.3, -0.25) is 19.7 Å². The third kappa shape index (κ3) is 4.42. The molecule has 174 valence electrons. The number of nitrogens with one attached hydrogen (secondary N) is 3. The van der Waals surface area contributed by atoms with Gasteiger partial charge in [0.2, 0.25) is 17.8 Å². The number of β-lactam (4-membered cyclic amide) rings is 1. The first-order valence-electron chi connectivity index (χ1n) is 10.3. The molecule has 1 aromatic carbocycles. The van der Waals surface area contributed by atoms with Crippen LogP contribution in [0.4, 0.5) is 0 Å². The Labute approximate surface area is 194 Å². The lowest BCUT2D eigenvalue weighted by molar-refractivity contribution is -0.161. The predicted molar refractivity (Wildman–Crippen MR) is 122 cm³/mol. The first-order valence-corrected chi connectivity index (χ1v) is 11.2. The fourth-order valence-corrected chi connectivity index (χ4v) is 5.64. The van der Waals surface area contributed by atoms with Gasteiger partial charge in [0.25, 0.3) is 5.91 Å². The van der Waals surface area contributed by atoms with Gasteiger partial charge < -0.3 is 15.3 Å². The largest absolute Gasteiger partial charge is 0.480 e. The van der Waals surface area contributed by atoms with Gasteiger partial charge in [-0.15, -0.1) is 11.8 Å². The van der Waals surface area contributed by atoms with Crippen LogP contribution in [0.2, 0.25) is 0 Å². The number of hydrogen-bond acceptors (Lipinski definition) is 8. The molecule has 12 heteroatoms. The Kier molecular flexibility index (Phi) is 5.87. The number of fused-ring (bicyclic) bond motifs is 1. The van der Waals surface area contributed by atoms with E-state index in [1.807, 2.05) is 31.2 Å². The molecular formula is C21H24N6O5S. The number of guanidine groups is 1. The monoisotopic (exact) mass is 472 g/mol. The SMILES string of the molecule is Cc1ccc(/C=N/NC2=NC(CC(=O)NC3C(=O)N4C3SC(C)(C)C4C(=O)O)C(=O)N2)cc1. The summed E-state index contributed by atoms with van der Waals surface area (Å²) in [6, 6.07) is 4.96. The zero-order valence-corrected chi connectivity index (χ0v) is 19.0. The molecule has 0 radical (unpaired) electrons. The average Bonchev–Trinajstić information content (AvgIpc) is 3.21. The lowest BCUT2D eigenvalue weighted by atomic mass is 9.96. The van der Waals surface area contributed by atoms with Crippen molar-refractivity contribution in [2.45, 2.75) is 55.4 Å². The van der Waals surface area contributed by atoms with Crippen molar-refractivity contribution in [3.05, 3.63) is 35.4 Å². The summed E-state index contributed by atoms with van der Waals surface area (Å²) in [5.74, 6) is -2.36. The van der Waals surface area contributed by atoms with Crippen LogP contribution in [0.25, 0.3) is 0 Å². The highest BCUT2D eigenvalue weighted by Crippen LogP contribution is 2.50. The van der Waals surface area contributed by atoms with E-state index in [0.29, 0.717) is 0 Å². The van der Waals surface area contributed by atoms with Crippen LogP contribution in [0, 0.1) is 6.92 Å². The van der Waals surface area contributed by atoms with Crippen LogP contribution in [0.15, 0.2) is 34.4 Å². The lowest BCUT2D eigenvalue weighted by Gasteiger charge is -2.43. The highest BCUT2D eigenvalue weighted by Gasteiger charge is 2.64. The van der Waals surface area contributed by atoms with Gasteiger partial charge >= 0.3 is 5.97 Å². The van der Waals surface area contributed by atoms with Crippen LogP contribution in [-0.4, -0.2) is 74.1 Å². The second kappa shape index (κ2) is 8.50. The molecule has 2 saturated heterocycles. The summed E-state index contributed by atoms with van der Waals surface area (Å²) in [5, 5.41) is 18.2. The molecule has 1 aromatic rings. The number of amides is 3. The number of rotatable bonds is 6. The molecule has 0 spiro atoms. The number of benzene rings is 1. The Bertz CT molecular complexity index is 1070. The maximum absolute atomic E-state index is 12.5. The van der Waals surface area contributed by atoms with Crippen molar-refractivity contribution in [3.8, 4) is 0 Å². The van der Waals surface area contributed by atoms with Gasteiger partial charge in [0, 0.05) is 4.75 Å². The highest BCUT2D eigenvalue weighted by molar-refractivity contribution is 8.01. The average molecular weight is 473 g/mol. The van der Waals surface area contributed by atoms with Gasteiger partial charge in [0.15, 0.2) is 0 Å². The summed E-state index contributed by atoms with van der Waals surface area (Å²) >= 11 is 1.34. The van der Waals surface area contributed by atoms with Gasteiger partial charge in [0.1, 0.15) is 23.5 Å². The Balaban J connectivity index is 1.31. The Morgan fingerprint density at radius 1 is 1.30 bits per heavy atom. The topological polar surface area (TPSA) is 153 Å². The van der Waals surface area contributed by atoms with E-state index in [-0.39, 0.29) is 12.4 Å². The van der Waals surface area contributed by atoms with Crippen LogP contribution >= 0.6 is 11.8 Å². The number of aliphatic imine (C=N–C) groups is 1. The number of hydrazone groups is 1. The quantitative estimate of drug-likeness (QED) is 0.254. The van der Waals surface area contributed by atoms with Gasteiger partial charge in [0.05, 0.1) is 12.6 Å². The first kappa shape index (κ1) is 22.8. The van der Waals surface area contributed by atoms with E-state index >= 15 is 0 Å². The number of nitrogens with zero attached hydrogens (tertiary/aromatic N) is 3. The van der Waals surface area contributed by atoms with Crippen LogP contribution in [-0.2, 0) is 19.2 Å². The zero-order valence-electron chi connectivity index (χ0n) is 18.2. The third-order valence-electron chi connectivity index (χ3n) is 5.66. The maximum Gasteiger partial charge on any atom is 0.327 e. The second-order valence-electron chi connectivity index (χ2n) is 8.61. The molecule has 4 unspecified atom stereocenters. The molecule has 11 nitrogen and oxygen atoms in total. The molecule has 4 rings (SSSR count). The second-order valence-corrected chi connectivity index (χ2v) is 10.4. The van der Waals surface area contributed by atoms with E-state index in [1.165, 1.54) is 16.7 Å². The first-order chi connectivity index (χ1) is 15.6. The molecule has 3 aliphatic rings. The molecule has 3 aliphatic heterocycles. The number of carboxylic acid groups (broad SMARTS) is 1. The van der Waals surface area contributed by atoms with Crippen LogP contribution < -0.4 is 16.1 Å². The highest BCUT2D eigenvalue weighted by atomic mass is 32.2. The minimum Gasteiger partial charge on any atom is -0.480 e. The number of aliphatic carboxylic acids is 1. The van der Waals surface area contributed by atoms with Crippen LogP contribution in [0.5, 0.6) is 0 Å². The summed E-state index contributed by atoms with van der Waals surface area (Å²) in [4.78, 5) is 54.2. The standard InChI is InChI=1S/C21H24N6O5S/c1-10-4-6-11(7-5-10)9-22-26-20-23-12(16(29)25-20)8-13(28)24-14-17(30)27-15(19(31)32)21(2,3)33-18(14)27/h4-7,9,12,14-15,18H,8H2,1-3H3,(H,24,28)(H,31,32)(H2,23,25,26,29)/b22-9+. The number of hydrogen-bond donors (Lipinski definition) is 4. The molecule has 2 fully saturated rings. The smallest absolute Gasteiger partial charge is 0.327 e. The maximum atomic E-state index is 12.5. The van der Waals surface area contributed by atoms with Crippen molar-refractivity contribution in [3.63, 3.8) is 0 Å². The van der Waals surface area contributed by atoms with E-state index in [0.717, 1.165) is 11.1 Å². The number of carbonyl (C=O) groups is 4. The molecule has 0 saturated carbocycles. The van der Waals surface area contributed by atoms with Crippen molar-refractivity contribution in [2.75, 3.05) is 0 Å². The molecule has 0 aromatic heterocycles. The molecular weight excluding hydrogens is 448 g/mol. The summed E-state index contributed by atoms with van der Waals surface area (Å²) in [5.41, 5.74) is 4.63. The molecule has 0 bridgehead atoms.